The molecule has 0 radical (unpaired) electrons. The molecule has 7 heteroatoms. The van der Waals surface area contributed by atoms with Crippen LogP contribution in [0.4, 0.5) is 14.5 Å². The van der Waals surface area contributed by atoms with E-state index in [0.29, 0.717) is 12.5 Å². The zero-order valence-electron chi connectivity index (χ0n) is 12.6. The van der Waals surface area contributed by atoms with E-state index in [4.69, 9.17) is 0 Å². The fourth-order valence-corrected chi connectivity index (χ4v) is 2.10. The summed E-state index contributed by atoms with van der Waals surface area (Å²) in [7, 11) is 0. The zero-order chi connectivity index (χ0) is 15.4. The Hall–Kier alpha value is -1.92. The van der Waals surface area contributed by atoms with Gasteiger partial charge in [-0.15, -0.1) is 0 Å². The minimum Gasteiger partial charge on any atom is -0.378 e. The summed E-state index contributed by atoms with van der Waals surface area (Å²) in [5, 5.41) is 11.6. The third-order valence-electron chi connectivity index (χ3n) is 2.99. The molecule has 2 rings (SSSR count). The van der Waals surface area contributed by atoms with Gasteiger partial charge in [0.15, 0.2) is 0 Å². The van der Waals surface area contributed by atoms with Crippen LogP contribution in [-0.2, 0) is 19.6 Å². The number of halogens is 2. The summed E-state index contributed by atoms with van der Waals surface area (Å²) in [6, 6.07) is 0. The molecular formula is C14H21F2N5. The van der Waals surface area contributed by atoms with E-state index >= 15 is 0 Å². The molecule has 0 bridgehead atoms. The summed E-state index contributed by atoms with van der Waals surface area (Å²) in [6.07, 6.45) is 2.82. The number of rotatable bonds is 7. The summed E-state index contributed by atoms with van der Waals surface area (Å²) < 4.78 is 27.7. The number of hydrogen-bond acceptors (Lipinski definition) is 3. The maximum absolute atomic E-state index is 12.3. The highest BCUT2D eigenvalue weighted by Crippen LogP contribution is 2.15. The molecule has 2 heterocycles. The highest BCUT2D eigenvalue weighted by atomic mass is 19.3. The van der Waals surface area contributed by atoms with Crippen LogP contribution in [0.2, 0.25) is 0 Å². The third-order valence-corrected chi connectivity index (χ3v) is 2.99. The molecule has 0 atom stereocenters. The van der Waals surface area contributed by atoms with E-state index in [0.717, 1.165) is 23.5 Å². The summed E-state index contributed by atoms with van der Waals surface area (Å²) in [5.41, 5.74) is 2.75. The number of aryl methyl sites for hydroxylation is 1. The molecule has 0 aliphatic rings. The Bertz CT molecular complexity index is 574. The number of hydrogen-bond donors (Lipinski definition) is 1. The van der Waals surface area contributed by atoms with E-state index in [1.54, 1.807) is 12.4 Å². The van der Waals surface area contributed by atoms with Gasteiger partial charge in [0.25, 0.3) is 6.43 Å². The average molecular weight is 297 g/mol. The lowest BCUT2D eigenvalue weighted by Crippen LogP contribution is -2.06. The van der Waals surface area contributed by atoms with Gasteiger partial charge >= 0.3 is 0 Å². The largest absolute Gasteiger partial charge is 0.378 e. The fraction of sp³-hybridized carbons (Fsp3) is 0.571. The molecule has 2 aromatic heterocycles. The minimum atomic E-state index is -2.39. The van der Waals surface area contributed by atoms with Crippen LogP contribution < -0.4 is 5.32 Å². The third kappa shape index (κ3) is 4.54. The van der Waals surface area contributed by atoms with Gasteiger partial charge in [0, 0.05) is 31.0 Å². The summed E-state index contributed by atoms with van der Waals surface area (Å²) in [4.78, 5) is 0. The molecule has 0 saturated carbocycles. The van der Waals surface area contributed by atoms with Gasteiger partial charge in [-0.25, -0.2) is 8.78 Å². The predicted octanol–water partition coefficient (Wildman–Crippen LogP) is 2.92. The molecule has 0 aliphatic heterocycles. The van der Waals surface area contributed by atoms with E-state index in [1.165, 1.54) is 4.68 Å². The molecule has 21 heavy (non-hydrogen) atoms. The van der Waals surface area contributed by atoms with Gasteiger partial charge in [-0.2, -0.15) is 10.2 Å². The number of aromatic nitrogens is 4. The van der Waals surface area contributed by atoms with Crippen molar-refractivity contribution in [2.75, 3.05) is 5.32 Å². The molecule has 0 aliphatic carbocycles. The molecule has 2 aromatic rings. The quantitative estimate of drug-likeness (QED) is 0.855. The lowest BCUT2D eigenvalue weighted by atomic mass is 10.2. The topological polar surface area (TPSA) is 47.7 Å². The van der Waals surface area contributed by atoms with Gasteiger partial charge in [0.05, 0.1) is 17.6 Å². The lowest BCUT2D eigenvalue weighted by Gasteiger charge is -2.04. The molecular weight excluding hydrogens is 276 g/mol. The van der Waals surface area contributed by atoms with E-state index in [1.807, 2.05) is 17.8 Å². The van der Waals surface area contributed by atoms with Crippen molar-refractivity contribution < 1.29 is 8.78 Å². The molecule has 1 N–H and O–H groups in total. The molecule has 0 amide bonds. The summed E-state index contributed by atoms with van der Waals surface area (Å²) in [5.74, 6) is 0.532. The second-order valence-electron chi connectivity index (χ2n) is 5.56. The van der Waals surface area contributed by atoms with E-state index in [2.05, 4.69) is 29.4 Å². The molecule has 5 nitrogen and oxygen atoms in total. The monoisotopic (exact) mass is 297 g/mol. The van der Waals surface area contributed by atoms with Crippen LogP contribution in [0, 0.1) is 12.8 Å². The van der Waals surface area contributed by atoms with Crippen LogP contribution in [0.5, 0.6) is 0 Å². The van der Waals surface area contributed by atoms with Crippen LogP contribution in [-0.4, -0.2) is 26.0 Å². The molecule has 0 unspecified atom stereocenters. The van der Waals surface area contributed by atoms with Gasteiger partial charge in [-0.05, 0) is 12.8 Å². The first-order chi connectivity index (χ1) is 9.94. The summed E-state index contributed by atoms with van der Waals surface area (Å²) in [6.45, 7) is 7.26. The molecule has 0 spiro atoms. The average Bonchev–Trinajstić information content (AvgIpc) is 2.92. The first kappa shape index (κ1) is 15.5. The number of alkyl halides is 2. The standard InChI is InChI=1S/C14H21F2N5/c1-10(2)6-21-8-13(11(3)19-21)17-4-12-5-18-20(7-12)9-14(15)16/h5,7-8,10,14,17H,4,6,9H2,1-3H3. The minimum absolute atomic E-state index is 0.370. The van der Waals surface area contributed by atoms with Gasteiger partial charge in [-0.3, -0.25) is 9.36 Å². The van der Waals surface area contributed by atoms with Gasteiger partial charge in [0.1, 0.15) is 6.54 Å². The maximum Gasteiger partial charge on any atom is 0.257 e. The van der Waals surface area contributed by atoms with Gasteiger partial charge in [0.2, 0.25) is 0 Å². The zero-order valence-corrected chi connectivity index (χ0v) is 12.6. The SMILES string of the molecule is Cc1nn(CC(C)C)cc1NCc1cnn(CC(F)F)c1. The summed E-state index contributed by atoms with van der Waals surface area (Å²) >= 11 is 0. The van der Waals surface area contributed by atoms with Crippen LogP contribution >= 0.6 is 0 Å². The Balaban J connectivity index is 1.93. The van der Waals surface area contributed by atoms with Crippen molar-refractivity contribution in [1.82, 2.24) is 19.6 Å². The fourth-order valence-electron chi connectivity index (χ4n) is 2.10. The maximum atomic E-state index is 12.3. The Morgan fingerprint density at radius 1 is 1.19 bits per heavy atom. The van der Waals surface area contributed by atoms with E-state index < -0.39 is 6.43 Å². The van der Waals surface area contributed by atoms with Crippen molar-refractivity contribution in [2.45, 2.75) is 46.8 Å². The first-order valence-corrected chi connectivity index (χ1v) is 7.01. The van der Waals surface area contributed by atoms with Crippen molar-refractivity contribution >= 4 is 5.69 Å². The number of nitrogens with one attached hydrogen (secondary N) is 1. The van der Waals surface area contributed by atoms with E-state index in [9.17, 15) is 8.78 Å². The van der Waals surface area contributed by atoms with Crippen molar-refractivity contribution in [3.63, 3.8) is 0 Å². The van der Waals surface area contributed by atoms with Crippen LogP contribution in [0.25, 0.3) is 0 Å². The number of anilines is 1. The normalized spacial score (nSPS) is 11.6. The van der Waals surface area contributed by atoms with Crippen molar-refractivity contribution in [3.05, 3.63) is 29.8 Å². The Morgan fingerprint density at radius 3 is 2.62 bits per heavy atom. The van der Waals surface area contributed by atoms with E-state index in [-0.39, 0.29) is 6.54 Å². The number of nitrogens with zero attached hydrogens (tertiary/aromatic N) is 4. The Labute approximate surface area is 123 Å². The van der Waals surface area contributed by atoms with Crippen LogP contribution in [0.1, 0.15) is 25.1 Å². The molecule has 0 aromatic carbocycles. The lowest BCUT2D eigenvalue weighted by molar-refractivity contribution is 0.122. The van der Waals surface area contributed by atoms with Crippen molar-refractivity contribution in [3.8, 4) is 0 Å². The van der Waals surface area contributed by atoms with Crippen molar-refractivity contribution in [1.29, 1.82) is 0 Å². The molecule has 116 valence electrons. The Kier molecular flexibility index (Phi) is 4.93. The highest BCUT2D eigenvalue weighted by molar-refractivity contribution is 5.45. The second kappa shape index (κ2) is 6.69. The first-order valence-electron chi connectivity index (χ1n) is 7.01. The second-order valence-corrected chi connectivity index (χ2v) is 5.56. The van der Waals surface area contributed by atoms with Crippen molar-refractivity contribution in [2.24, 2.45) is 5.92 Å². The highest BCUT2D eigenvalue weighted by Gasteiger charge is 2.08. The van der Waals surface area contributed by atoms with Crippen LogP contribution in [0.15, 0.2) is 18.6 Å². The predicted molar refractivity (Wildman–Crippen MR) is 77.4 cm³/mol. The molecule has 0 fully saturated rings. The van der Waals surface area contributed by atoms with Gasteiger partial charge in [-0.1, -0.05) is 13.8 Å². The van der Waals surface area contributed by atoms with Crippen LogP contribution in [0.3, 0.4) is 0 Å². The Morgan fingerprint density at radius 2 is 1.95 bits per heavy atom. The van der Waals surface area contributed by atoms with Gasteiger partial charge < -0.3 is 5.32 Å². The smallest absolute Gasteiger partial charge is 0.257 e. The molecule has 0 saturated heterocycles.